The Morgan fingerprint density at radius 1 is 1.08 bits per heavy atom. The van der Waals surface area contributed by atoms with Gasteiger partial charge in [-0.1, -0.05) is 48.5 Å². The van der Waals surface area contributed by atoms with Crippen LogP contribution in [-0.2, 0) is 4.79 Å². The van der Waals surface area contributed by atoms with E-state index in [0.717, 1.165) is 35.5 Å². The molecular weight excluding hydrogens is 324 g/mol. The molecule has 2 aromatic rings. The number of ether oxygens (including phenoxy) is 1. The maximum atomic E-state index is 12.9. The highest BCUT2D eigenvalue weighted by Crippen LogP contribution is 2.31. The number of hydrogen-bond acceptors (Lipinski definition) is 3. The third-order valence-electron chi connectivity index (χ3n) is 4.95. The third-order valence-corrected chi connectivity index (χ3v) is 4.95. The van der Waals surface area contributed by atoms with Crippen molar-refractivity contribution in [3.05, 3.63) is 71.3 Å². The summed E-state index contributed by atoms with van der Waals surface area (Å²) in [4.78, 5) is 17.2. The number of carbonyl (C=O) groups excluding carboxylic acids is 1. The van der Waals surface area contributed by atoms with Gasteiger partial charge in [-0.3, -0.25) is 9.69 Å². The SMILES string of the molecule is COc1ccccc1C1CN(C(=O)/C(C)=C/c2ccccc2)CCN1C. The molecule has 0 spiro atoms. The van der Waals surface area contributed by atoms with Crippen molar-refractivity contribution < 1.29 is 9.53 Å². The van der Waals surface area contributed by atoms with Crippen LogP contribution in [0.5, 0.6) is 5.75 Å². The second-order valence-corrected chi connectivity index (χ2v) is 6.73. The molecule has 1 fully saturated rings. The van der Waals surface area contributed by atoms with Gasteiger partial charge in [-0.25, -0.2) is 0 Å². The average molecular weight is 350 g/mol. The van der Waals surface area contributed by atoms with Crippen LogP contribution < -0.4 is 4.74 Å². The summed E-state index contributed by atoms with van der Waals surface area (Å²) in [5.74, 6) is 0.969. The molecule has 0 radical (unpaired) electrons. The number of amides is 1. The van der Waals surface area contributed by atoms with Crippen LogP contribution in [0.1, 0.15) is 24.1 Å². The van der Waals surface area contributed by atoms with Crippen molar-refractivity contribution in [3.8, 4) is 5.75 Å². The molecule has 4 heteroatoms. The Kier molecular flexibility index (Phi) is 5.74. The summed E-state index contributed by atoms with van der Waals surface area (Å²) in [5, 5.41) is 0. The van der Waals surface area contributed by atoms with Gasteiger partial charge in [-0.2, -0.15) is 0 Å². The van der Waals surface area contributed by atoms with Crippen LogP contribution in [0.2, 0.25) is 0 Å². The molecule has 0 aliphatic carbocycles. The van der Waals surface area contributed by atoms with Crippen molar-refractivity contribution in [1.82, 2.24) is 9.80 Å². The van der Waals surface area contributed by atoms with Gasteiger partial charge in [0.25, 0.3) is 0 Å². The fourth-order valence-corrected chi connectivity index (χ4v) is 3.45. The molecule has 1 aliphatic heterocycles. The minimum Gasteiger partial charge on any atom is -0.496 e. The second kappa shape index (κ2) is 8.19. The molecular formula is C22H26N2O2. The van der Waals surface area contributed by atoms with E-state index in [1.54, 1.807) is 7.11 Å². The molecule has 1 saturated heterocycles. The Hall–Kier alpha value is -2.59. The molecule has 1 aliphatic rings. The summed E-state index contributed by atoms with van der Waals surface area (Å²) in [7, 11) is 3.79. The Morgan fingerprint density at radius 2 is 1.77 bits per heavy atom. The van der Waals surface area contributed by atoms with Gasteiger partial charge >= 0.3 is 0 Å². The van der Waals surface area contributed by atoms with Crippen molar-refractivity contribution in [3.63, 3.8) is 0 Å². The summed E-state index contributed by atoms with van der Waals surface area (Å²) in [6.45, 7) is 4.13. The first kappa shape index (κ1) is 18.2. The summed E-state index contributed by atoms with van der Waals surface area (Å²) < 4.78 is 5.53. The number of methoxy groups -OCH3 is 1. The highest BCUT2D eigenvalue weighted by molar-refractivity contribution is 5.97. The number of nitrogens with zero attached hydrogens (tertiary/aromatic N) is 2. The first-order valence-corrected chi connectivity index (χ1v) is 8.96. The third kappa shape index (κ3) is 3.97. The Labute approximate surface area is 155 Å². The van der Waals surface area contributed by atoms with E-state index in [-0.39, 0.29) is 11.9 Å². The second-order valence-electron chi connectivity index (χ2n) is 6.73. The van der Waals surface area contributed by atoms with Crippen molar-refractivity contribution in [2.45, 2.75) is 13.0 Å². The maximum absolute atomic E-state index is 12.9. The van der Waals surface area contributed by atoms with Crippen molar-refractivity contribution in [2.24, 2.45) is 0 Å². The molecule has 0 N–H and O–H groups in total. The van der Waals surface area contributed by atoms with Gasteiger partial charge in [0.2, 0.25) is 5.91 Å². The summed E-state index contributed by atoms with van der Waals surface area (Å²) in [6.07, 6.45) is 1.96. The minimum atomic E-state index is 0.0989. The normalized spacial score (nSPS) is 18.7. The summed E-state index contributed by atoms with van der Waals surface area (Å²) in [5.41, 5.74) is 2.94. The lowest BCUT2D eigenvalue weighted by molar-refractivity contribution is -0.129. The van der Waals surface area contributed by atoms with Crippen LogP contribution >= 0.6 is 0 Å². The predicted molar refractivity (Wildman–Crippen MR) is 105 cm³/mol. The molecule has 1 heterocycles. The molecule has 3 rings (SSSR count). The van der Waals surface area contributed by atoms with E-state index in [1.807, 2.05) is 66.4 Å². The Bertz CT molecular complexity index is 786. The van der Waals surface area contributed by atoms with Crippen LogP contribution in [0.15, 0.2) is 60.2 Å². The lowest BCUT2D eigenvalue weighted by Gasteiger charge is -2.40. The van der Waals surface area contributed by atoms with E-state index in [2.05, 4.69) is 18.0 Å². The number of carbonyl (C=O) groups is 1. The zero-order valence-electron chi connectivity index (χ0n) is 15.7. The van der Waals surface area contributed by atoms with Crippen LogP contribution in [0.25, 0.3) is 6.08 Å². The highest BCUT2D eigenvalue weighted by atomic mass is 16.5. The van der Waals surface area contributed by atoms with Crippen LogP contribution in [-0.4, -0.2) is 49.5 Å². The quantitative estimate of drug-likeness (QED) is 0.790. The molecule has 0 saturated carbocycles. The van der Waals surface area contributed by atoms with Gasteiger partial charge in [0, 0.05) is 30.8 Å². The van der Waals surface area contributed by atoms with Gasteiger partial charge in [0.15, 0.2) is 0 Å². The molecule has 0 bridgehead atoms. The number of piperazine rings is 1. The van der Waals surface area contributed by atoms with Crippen molar-refractivity contribution >= 4 is 12.0 Å². The van der Waals surface area contributed by atoms with E-state index >= 15 is 0 Å². The standard InChI is InChI=1S/C22H26N2O2/c1-17(15-18-9-5-4-6-10-18)22(25)24-14-13-23(2)20(16-24)19-11-7-8-12-21(19)26-3/h4-12,15,20H,13-14,16H2,1-3H3/b17-15+. The minimum absolute atomic E-state index is 0.0989. The van der Waals surface area contributed by atoms with Crippen LogP contribution in [0.4, 0.5) is 0 Å². The zero-order valence-corrected chi connectivity index (χ0v) is 15.7. The van der Waals surface area contributed by atoms with E-state index in [0.29, 0.717) is 6.54 Å². The predicted octanol–water partition coefficient (Wildman–Crippen LogP) is 3.61. The number of benzene rings is 2. The molecule has 0 aromatic heterocycles. The Morgan fingerprint density at radius 3 is 2.50 bits per heavy atom. The molecule has 4 nitrogen and oxygen atoms in total. The lowest BCUT2D eigenvalue weighted by Crippen LogP contribution is -2.49. The van der Waals surface area contributed by atoms with Crippen LogP contribution in [0, 0.1) is 0 Å². The highest BCUT2D eigenvalue weighted by Gasteiger charge is 2.30. The zero-order chi connectivity index (χ0) is 18.5. The molecule has 2 aromatic carbocycles. The first-order valence-electron chi connectivity index (χ1n) is 8.96. The van der Waals surface area contributed by atoms with Crippen molar-refractivity contribution in [2.75, 3.05) is 33.8 Å². The first-order chi connectivity index (χ1) is 12.6. The fraction of sp³-hybridized carbons (Fsp3) is 0.318. The maximum Gasteiger partial charge on any atom is 0.249 e. The van der Waals surface area contributed by atoms with Gasteiger partial charge in [-0.05, 0) is 31.7 Å². The lowest BCUT2D eigenvalue weighted by atomic mass is 10.0. The molecule has 1 atom stereocenters. The van der Waals surface area contributed by atoms with E-state index < -0.39 is 0 Å². The van der Waals surface area contributed by atoms with Crippen molar-refractivity contribution in [1.29, 1.82) is 0 Å². The van der Waals surface area contributed by atoms with Crippen LogP contribution in [0.3, 0.4) is 0 Å². The van der Waals surface area contributed by atoms with E-state index in [9.17, 15) is 4.79 Å². The summed E-state index contributed by atoms with van der Waals surface area (Å²) in [6, 6.07) is 18.2. The van der Waals surface area contributed by atoms with Gasteiger partial charge in [0.1, 0.15) is 5.75 Å². The molecule has 26 heavy (non-hydrogen) atoms. The topological polar surface area (TPSA) is 32.8 Å². The molecule has 136 valence electrons. The fourth-order valence-electron chi connectivity index (χ4n) is 3.45. The van der Waals surface area contributed by atoms with E-state index in [4.69, 9.17) is 4.74 Å². The van der Waals surface area contributed by atoms with E-state index in [1.165, 1.54) is 0 Å². The monoisotopic (exact) mass is 350 g/mol. The number of likely N-dealkylation sites (N-methyl/N-ethyl adjacent to an activating group) is 1. The molecule has 1 amide bonds. The van der Waals surface area contributed by atoms with Gasteiger partial charge < -0.3 is 9.64 Å². The smallest absolute Gasteiger partial charge is 0.249 e. The van der Waals surface area contributed by atoms with Gasteiger partial charge in [0.05, 0.1) is 13.2 Å². The average Bonchev–Trinajstić information content (AvgIpc) is 2.68. The Balaban J connectivity index is 1.79. The number of para-hydroxylation sites is 1. The largest absolute Gasteiger partial charge is 0.496 e. The number of rotatable bonds is 4. The number of hydrogen-bond donors (Lipinski definition) is 0. The summed E-state index contributed by atoms with van der Waals surface area (Å²) >= 11 is 0. The van der Waals surface area contributed by atoms with Gasteiger partial charge in [-0.15, -0.1) is 0 Å². The molecule has 1 unspecified atom stereocenters.